The van der Waals surface area contributed by atoms with E-state index in [2.05, 4.69) is 69.2 Å². The number of anilines is 2. The standard InChI is InChI=1S/C26H31N7/c1-26(2,3)20-7-5-19(6-8-20)24-22(33-17-21(27)9-10-23(33)30-24)18-31-13-15-32(16-14-31)25-28-11-4-12-29-25/h4-12,17H,13-16,18,27H2,1-3H3. The Hall–Kier alpha value is -3.45. The topological polar surface area (TPSA) is 75.6 Å². The smallest absolute Gasteiger partial charge is 0.225 e. The summed E-state index contributed by atoms with van der Waals surface area (Å²) in [6.07, 6.45) is 5.59. The number of rotatable bonds is 4. The van der Waals surface area contributed by atoms with Gasteiger partial charge in [0.1, 0.15) is 5.65 Å². The number of hydrogen-bond acceptors (Lipinski definition) is 6. The molecule has 4 aromatic rings. The van der Waals surface area contributed by atoms with Gasteiger partial charge in [0.15, 0.2) is 0 Å². The van der Waals surface area contributed by atoms with Gasteiger partial charge in [-0.3, -0.25) is 4.90 Å². The van der Waals surface area contributed by atoms with Crippen LogP contribution in [-0.2, 0) is 12.0 Å². The molecular formula is C26H31N7. The van der Waals surface area contributed by atoms with E-state index in [9.17, 15) is 0 Å². The van der Waals surface area contributed by atoms with Crippen LogP contribution in [0.25, 0.3) is 16.9 Å². The van der Waals surface area contributed by atoms with Crippen molar-refractivity contribution >= 4 is 17.3 Å². The van der Waals surface area contributed by atoms with Crippen LogP contribution < -0.4 is 10.6 Å². The van der Waals surface area contributed by atoms with Gasteiger partial charge in [-0.25, -0.2) is 15.0 Å². The van der Waals surface area contributed by atoms with Gasteiger partial charge in [-0.2, -0.15) is 0 Å². The van der Waals surface area contributed by atoms with Gasteiger partial charge < -0.3 is 15.0 Å². The number of imidazole rings is 1. The van der Waals surface area contributed by atoms with Gasteiger partial charge in [-0.1, -0.05) is 45.0 Å². The van der Waals surface area contributed by atoms with Crippen molar-refractivity contribution in [3.05, 3.63) is 72.3 Å². The molecule has 1 aliphatic heterocycles. The van der Waals surface area contributed by atoms with Crippen molar-refractivity contribution in [2.45, 2.75) is 32.7 Å². The minimum absolute atomic E-state index is 0.122. The highest BCUT2D eigenvalue weighted by molar-refractivity contribution is 5.68. The molecule has 170 valence electrons. The van der Waals surface area contributed by atoms with E-state index in [1.807, 2.05) is 24.4 Å². The van der Waals surface area contributed by atoms with Crippen molar-refractivity contribution < 1.29 is 0 Å². The van der Waals surface area contributed by atoms with E-state index in [1.54, 1.807) is 12.4 Å². The number of hydrogen-bond donors (Lipinski definition) is 1. The summed E-state index contributed by atoms with van der Waals surface area (Å²) in [5, 5.41) is 0. The van der Waals surface area contributed by atoms with E-state index in [4.69, 9.17) is 10.7 Å². The lowest BCUT2D eigenvalue weighted by molar-refractivity contribution is 0.246. The van der Waals surface area contributed by atoms with Gasteiger partial charge in [-0.15, -0.1) is 0 Å². The summed E-state index contributed by atoms with van der Waals surface area (Å²) in [7, 11) is 0. The molecule has 3 aromatic heterocycles. The van der Waals surface area contributed by atoms with E-state index in [-0.39, 0.29) is 5.41 Å². The Balaban J connectivity index is 1.43. The molecule has 2 N–H and O–H groups in total. The summed E-state index contributed by atoms with van der Waals surface area (Å²) < 4.78 is 2.15. The Kier molecular flexibility index (Phi) is 5.50. The second-order valence-electron chi connectivity index (χ2n) is 9.74. The lowest BCUT2D eigenvalue weighted by atomic mass is 9.86. The summed E-state index contributed by atoms with van der Waals surface area (Å²) in [6.45, 7) is 11.2. The molecule has 0 aliphatic carbocycles. The molecule has 0 atom stereocenters. The zero-order chi connectivity index (χ0) is 23.0. The molecule has 1 saturated heterocycles. The summed E-state index contributed by atoms with van der Waals surface area (Å²) in [5.41, 5.74) is 12.6. The van der Waals surface area contributed by atoms with E-state index in [0.29, 0.717) is 0 Å². The number of piperazine rings is 1. The van der Waals surface area contributed by atoms with Crippen LogP contribution in [0.5, 0.6) is 0 Å². The average Bonchev–Trinajstić information content (AvgIpc) is 3.17. The minimum Gasteiger partial charge on any atom is -0.398 e. The van der Waals surface area contributed by atoms with Crippen molar-refractivity contribution in [1.29, 1.82) is 0 Å². The molecular weight excluding hydrogens is 410 g/mol. The van der Waals surface area contributed by atoms with E-state index >= 15 is 0 Å². The molecule has 5 rings (SSSR count). The summed E-state index contributed by atoms with van der Waals surface area (Å²) in [6, 6.07) is 14.6. The number of nitrogen functional groups attached to an aromatic ring is 1. The van der Waals surface area contributed by atoms with Crippen molar-refractivity contribution in [2.75, 3.05) is 36.8 Å². The fourth-order valence-corrected chi connectivity index (χ4v) is 4.39. The highest BCUT2D eigenvalue weighted by Crippen LogP contribution is 2.30. The third kappa shape index (κ3) is 4.41. The Labute approximate surface area is 194 Å². The molecule has 0 unspecified atom stereocenters. The van der Waals surface area contributed by atoms with Gasteiger partial charge in [-0.05, 0) is 29.2 Å². The first kappa shape index (κ1) is 21.4. The van der Waals surface area contributed by atoms with Gasteiger partial charge in [0.05, 0.1) is 11.4 Å². The monoisotopic (exact) mass is 441 g/mol. The van der Waals surface area contributed by atoms with E-state index in [1.165, 1.54) is 11.3 Å². The molecule has 7 heteroatoms. The van der Waals surface area contributed by atoms with Crippen LogP contribution in [-0.4, -0.2) is 50.4 Å². The molecule has 1 fully saturated rings. The molecule has 1 aromatic carbocycles. The third-order valence-corrected chi connectivity index (χ3v) is 6.35. The molecule has 4 heterocycles. The molecule has 1 aliphatic rings. The maximum Gasteiger partial charge on any atom is 0.225 e. The van der Waals surface area contributed by atoms with Gasteiger partial charge >= 0.3 is 0 Å². The van der Waals surface area contributed by atoms with Gasteiger partial charge in [0, 0.05) is 62.6 Å². The Bertz CT molecular complexity index is 1230. The van der Waals surface area contributed by atoms with Crippen LogP contribution in [0.15, 0.2) is 61.1 Å². The maximum absolute atomic E-state index is 6.14. The summed E-state index contributed by atoms with van der Waals surface area (Å²) in [5.74, 6) is 0.805. The van der Waals surface area contributed by atoms with Crippen LogP contribution in [0.3, 0.4) is 0 Å². The van der Waals surface area contributed by atoms with Crippen molar-refractivity contribution in [3.63, 3.8) is 0 Å². The summed E-state index contributed by atoms with van der Waals surface area (Å²) in [4.78, 5) is 18.5. The molecule has 0 spiro atoms. The van der Waals surface area contributed by atoms with E-state index in [0.717, 1.165) is 61.3 Å². The zero-order valence-electron chi connectivity index (χ0n) is 19.6. The van der Waals surface area contributed by atoms with Gasteiger partial charge in [0.2, 0.25) is 5.95 Å². The zero-order valence-corrected chi connectivity index (χ0v) is 19.6. The molecule has 33 heavy (non-hydrogen) atoms. The molecule has 0 amide bonds. The first-order valence-corrected chi connectivity index (χ1v) is 11.5. The Morgan fingerprint density at radius 1 is 0.909 bits per heavy atom. The molecule has 7 nitrogen and oxygen atoms in total. The predicted octanol–water partition coefficient (Wildman–Crippen LogP) is 3.99. The van der Waals surface area contributed by atoms with Crippen molar-refractivity contribution in [3.8, 4) is 11.3 Å². The number of benzene rings is 1. The SMILES string of the molecule is CC(C)(C)c1ccc(-c2nc3ccc(N)cn3c2CN2CCN(c3ncccn3)CC2)cc1. The number of nitrogens with two attached hydrogens (primary N) is 1. The minimum atomic E-state index is 0.122. The largest absolute Gasteiger partial charge is 0.398 e. The molecule has 0 radical (unpaired) electrons. The predicted molar refractivity (Wildman–Crippen MR) is 133 cm³/mol. The van der Waals surface area contributed by atoms with Crippen LogP contribution in [0.2, 0.25) is 0 Å². The number of aromatic nitrogens is 4. The Morgan fingerprint density at radius 2 is 1.61 bits per heavy atom. The highest BCUT2D eigenvalue weighted by Gasteiger charge is 2.23. The number of fused-ring (bicyclic) bond motifs is 1. The number of nitrogens with zero attached hydrogens (tertiary/aromatic N) is 6. The van der Waals surface area contributed by atoms with Crippen LogP contribution in [0.1, 0.15) is 32.0 Å². The van der Waals surface area contributed by atoms with Crippen LogP contribution >= 0.6 is 0 Å². The van der Waals surface area contributed by atoms with E-state index < -0.39 is 0 Å². The second-order valence-corrected chi connectivity index (χ2v) is 9.74. The highest BCUT2D eigenvalue weighted by atomic mass is 15.3. The fraction of sp³-hybridized carbons (Fsp3) is 0.346. The molecule has 0 bridgehead atoms. The normalized spacial score (nSPS) is 15.3. The van der Waals surface area contributed by atoms with Crippen LogP contribution in [0.4, 0.5) is 11.6 Å². The average molecular weight is 442 g/mol. The quantitative estimate of drug-likeness (QED) is 0.516. The maximum atomic E-state index is 6.14. The second kappa shape index (κ2) is 8.48. The molecule has 0 saturated carbocycles. The van der Waals surface area contributed by atoms with Crippen molar-refractivity contribution in [1.82, 2.24) is 24.3 Å². The lowest BCUT2D eigenvalue weighted by Crippen LogP contribution is -2.46. The first-order chi connectivity index (χ1) is 15.9. The van der Waals surface area contributed by atoms with Crippen LogP contribution in [0, 0.1) is 0 Å². The number of pyridine rings is 1. The van der Waals surface area contributed by atoms with Crippen molar-refractivity contribution in [2.24, 2.45) is 0 Å². The van der Waals surface area contributed by atoms with Gasteiger partial charge in [0.25, 0.3) is 0 Å². The first-order valence-electron chi connectivity index (χ1n) is 11.5. The fourth-order valence-electron chi connectivity index (χ4n) is 4.39. The third-order valence-electron chi connectivity index (χ3n) is 6.35. The Morgan fingerprint density at radius 3 is 2.27 bits per heavy atom. The summed E-state index contributed by atoms with van der Waals surface area (Å²) >= 11 is 0. The lowest BCUT2D eigenvalue weighted by Gasteiger charge is -2.34.